The van der Waals surface area contributed by atoms with Crippen LogP contribution >= 0.6 is 15.9 Å². The quantitative estimate of drug-likeness (QED) is 0.930. The molecule has 0 saturated heterocycles. The van der Waals surface area contributed by atoms with Crippen LogP contribution in [0.25, 0.3) is 0 Å². The Labute approximate surface area is 119 Å². The van der Waals surface area contributed by atoms with Gasteiger partial charge >= 0.3 is 0 Å². The Hall–Kier alpha value is -1.69. The average molecular weight is 326 g/mol. The number of rotatable bonds is 3. The van der Waals surface area contributed by atoms with Crippen molar-refractivity contribution in [2.45, 2.75) is 19.8 Å². The lowest BCUT2D eigenvalue weighted by molar-refractivity contribution is 0.447. The number of nitrogens with two attached hydrogens (primary N) is 1. The molecule has 100 valence electrons. The van der Waals surface area contributed by atoms with Crippen LogP contribution < -0.4 is 10.5 Å². The van der Waals surface area contributed by atoms with Crippen LogP contribution in [0.4, 0.5) is 10.2 Å². The van der Waals surface area contributed by atoms with Crippen LogP contribution in [-0.2, 0) is 0 Å². The third-order valence-electron chi connectivity index (χ3n) is 2.56. The minimum absolute atomic E-state index is 0.108. The van der Waals surface area contributed by atoms with E-state index in [2.05, 4.69) is 25.9 Å². The van der Waals surface area contributed by atoms with Crippen molar-refractivity contribution >= 4 is 21.7 Å². The summed E-state index contributed by atoms with van der Waals surface area (Å²) in [6.45, 7) is 3.92. The van der Waals surface area contributed by atoms with E-state index in [0.29, 0.717) is 27.5 Å². The second-order valence-electron chi connectivity index (χ2n) is 4.31. The minimum atomic E-state index is -0.398. The smallest absolute Gasteiger partial charge is 0.227 e. The van der Waals surface area contributed by atoms with Gasteiger partial charge in [0.2, 0.25) is 5.88 Å². The highest BCUT2D eigenvalue weighted by atomic mass is 79.9. The van der Waals surface area contributed by atoms with Crippen molar-refractivity contribution in [1.29, 1.82) is 0 Å². The Morgan fingerprint density at radius 3 is 2.68 bits per heavy atom. The van der Waals surface area contributed by atoms with Crippen LogP contribution in [0.1, 0.15) is 25.3 Å². The molecule has 1 heterocycles. The van der Waals surface area contributed by atoms with Gasteiger partial charge in [0.05, 0.1) is 10.0 Å². The lowest BCUT2D eigenvalue weighted by Crippen LogP contribution is -2.04. The molecule has 1 aromatic carbocycles. The summed E-state index contributed by atoms with van der Waals surface area (Å²) in [4.78, 5) is 8.00. The van der Waals surface area contributed by atoms with Crippen LogP contribution in [0, 0.1) is 5.82 Å². The molecule has 0 fully saturated rings. The van der Waals surface area contributed by atoms with Crippen molar-refractivity contribution in [2.24, 2.45) is 0 Å². The fourth-order valence-electron chi connectivity index (χ4n) is 1.67. The predicted molar refractivity (Wildman–Crippen MR) is 74.7 cm³/mol. The first-order valence-corrected chi connectivity index (χ1v) is 6.51. The Balaban J connectivity index is 2.38. The van der Waals surface area contributed by atoms with Gasteiger partial charge in [-0.1, -0.05) is 13.8 Å². The molecule has 0 aliphatic heterocycles. The summed E-state index contributed by atoms with van der Waals surface area (Å²) in [6.07, 6.45) is 1.33. The third kappa shape index (κ3) is 3.01. The summed E-state index contributed by atoms with van der Waals surface area (Å²) in [5.74, 6) is 0.796. The van der Waals surface area contributed by atoms with Gasteiger partial charge < -0.3 is 10.5 Å². The highest BCUT2D eigenvalue weighted by Gasteiger charge is 2.15. The Morgan fingerprint density at radius 1 is 1.32 bits per heavy atom. The van der Waals surface area contributed by atoms with E-state index >= 15 is 0 Å². The van der Waals surface area contributed by atoms with Crippen molar-refractivity contribution in [3.05, 3.63) is 40.4 Å². The number of nitrogen functional groups attached to an aromatic ring is 1. The van der Waals surface area contributed by atoms with Crippen molar-refractivity contribution in [3.8, 4) is 11.6 Å². The van der Waals surface area contributed by atoms with Gasteiger partial charge in [-0.05, 0) is 34.0 Å². The Bertz CT molecular complexity index is 604. The molecule has 0 spiro atoms. The van der Waals surface area contributed by atoms with Crippen molar-refractivity contribution in [2.75, 3.05) is 5.73 Å². The number of hydrogen-bond donors (Lipinski definition) is 1. The van der Waals surface area contributed by atoms with E-state index in [0.717, 1.165) is 0 Å². The maximum Gasteiger partial charge on any atom is 0.227 e. The summed E-state index contributed by atoms with van der Waals surface area (Å²) in [7, 11) is 0. The molecule has 2 N–H and O–H groups in total. The number of hydrogen-bond acceptors (Lipinski definition) is 4. The first kappa shape index (κ1) is 13.7. The number of halogens is 2. The van der Waals surface area contributed by atoms with Gasteiger partial charge in [0.1, 0.15) is 23.7 Å². The molecule has 4 nitrogen and oxygen atoms in total. The molecule has 19 heavy (non-hydrogen) atoms. The van der Waals surface area contributed by atoms with Crippen LogP contribution in [-0.4, -0.2) is 9.97 Å². The molecule has 0 amide bonds. The molecule has 0 aliphatic carbocycles. The van der Waals surface area contributed by atoms with Crippen LogP contribution in [0.2, 0.25) is 0 Å². The van der Waals surface area contributed by atoms with Crippen LogP contribution in [0.15, 0.2) is 29.0 Å². The maximum atomic E-state index is 13.4. The van der Waals surface area contributed by atoms with E-state index in [1.165, 1.54) is 12.4 Å². The largest absolute Gasteiger partial charge is 0.438 e. The van der Waals surface area contributed by atoms with Gasteiger partial charge in [0.25, 0.3) is 0 Å². The molecule has 2 aromatic rings. The zero-order valence-corrected chi connectivity index (χ0v) is 12.1. The second-order valence-corrected chi connectivity index (χ2v) is 5.16. The van der Waals surface area contributed by atoms with E-state index in [1.807, 2.05) is 13.8 Å². The predicted octanol–water partition coefficient (Wildman–Crippen LogP) is 3.88. The van der Waals surface area contributed by atoms with Gasteiger partial charge in [-0.2, -0.15) is 0 Å². The summed E-state index contributed by atoms with van der Waals surface area (Å²) >= 11 is 3.09. The lowest BCUT2D eigenvalue weighted by atomic mass is 10.1. The molecule has 2 rings (SSSR count). The standard InChI is InChI=1S/C13H13BrFN3O/c1-7(2)11-12(16)17-6-18-13(11)19-8-3-4-9(14)10(15)5-8/h3-7H,1-2H3,(H2,16,17,18). The minimum Gasteiger partial charge on any atom is -0.438 e. The zero-order valence-electron chi connectivity index (χ0n) is 10.5. The summed E-state index contributed by atoms with van der Waals surface area (Å²) < 4.78 is 19.4. The van der Waals surface area contributed by atoms with E-state index in [-0.39, 0.29) is 5.92 Å². The van der Waals surface area contributed by atoms with E-state index in [4.69, 9.17) is 10.5 Å². The molecule has 0 radical (unpaired) electrons. The van der Waals surface area contributed by atoms with Gasteiger partial charge in [-0.3, -0.25) is 0 Å². The normalized spacial score (nSPS) is 10.8. The average Bonchev–Trinajstić information content (AvgIpc) is 2.33. The van der Waals surface area contributed by atoms with Crippen molar-refractivity contribution < 1.29 is 9.13 Å². The van der Waals surface area contributed by atoms with E-state index in [9.17, 15) is 4.39 Å². The van der Waals surface area contributed by atoms with Crippen LogP contribution in [0.3, 0.4) is 0 Å². The van der Waals surface area contributed by atoms with E-state index in [1.54, 1.807) is 12.1 Å². The first-order valence-electron chi connectivity index (χ1n) is 5.72. The molecule has 6 heteroatoms. The molecule has 0 bridgehead atoms. The molecule has 0 aliphatic rings. The molecular weight excluding hydrogens is 313 g/mol. The lowest BCUT2D eigenvalue weighted by Gasteiger charge is -2.13. The summed E-state index contributed by atoms with van der Waals surface area (Å²) in [6, 6.07) is 4.51. The van der Waals surface area contributed by atoms with Gasteiger partial charge in [-0.25, -0.2) is 14.4 Å². The molecule has 0 unspecified atom stereocenters. The number of anilines is 1. The number of benzene rings is 1. The SMILES string of the molecule is CC(C)c1c(N)ncnc1Oc1ccc(Br)c(F)c1. The molecule has 1 aromatic heterocycles. The first-order chi connectivity index (χ1) is 8.99. The number of nitrogens with zero attached hydrogens (tertiary/aromatic N) is 2. The molecule has 0 saturated carbocycles. The zero-order chi connectivity index (χ0) is 14.0. The Morgan fingerprint density at radius 2 is 2.05 bits per heavy atom. The van der Waals surface area contributed by atoms with Crippen molar-refractivity contribution in [1.82, 2.24) is 9.97 Å². The monoisotopic (exact) mass is 325 g/mol. The topological polar surface area (TPSA) is 61.0 Å². The van der Waals surface area contributed by atoms with Crippen molar-refractivity contribution in [3.63, 3.8) is 0 Å². The Kier molecular flexibility index (Phi) is 3.99. The number of aromatic nitrogens is 2. The highest BCUT2D eigenvalue weighted by molar-refractivity contribution is 9.10. The highest BCUT2D eigenvalue weighted by Crippen LogP contribution is 2.32. The van der Waals surface area contributed by atoms with Crippen LogP contribution in [0.5, 0.6) is 11.6 Å². The van der Waals surface area contributed by atoms with E-state index < -0.39 is 5.82 Å². The number of ether oxygens (including phenoxy) is 1. The molecular formula is C13H13BrFN3O. The van der Waals surface area contributed by atoms with Gasteiger partial charge in [0, 0.05) is 6.07 Å². The second kappa shape index (κ2) is 5.52. The molecule has 0 atom stereocenters. The summed E-state index contributed by atoms with van der Waals surface area (Å²) in [5, 5.41) is 0. The fourth-order valence-corrected chi connectivity index (χ4v) is 1.91. The summed E-state index contributed by atoms with van der Waals surface area (Å²) in [5.41, 5.74) is 6.53. The van der Waals surface area contributed by atoms with Gasteiger partial charge in [0.15, 0.2) is 0 Å². The maximum absolute atomic E-state index is 13.4. The third-order valence-corrected chi connectivity index (χ3v) is 3.20. The fraction of sp³-hybridized carbons (Fsp3) is 0.231. The van der Waals surface area contributed by atoms with Gasteiger partial charge in [-0.15, -0.1) is 0 Å².